The smallest absolute Gasteiger partial charge is 0.346 e. The molecule has 0 saturated heterocycles. The Morgan fingerprint density at radius 2 is 2.00 bits per heavy atom. The van der Waals surface area contributed by atoms with Crippen LogP contribution in [0.4, 0.5) is 10.2 Å². The van der Waals surface area contributed by atoms with Crippen molar-refractivity contribution in [3.05, 3.63) is 58.0 Å². The summed E-state index contributed by atoms with van der Waals surface area (Å²) in [7, 11) is 0. The van der Waals surface area contributed by atoms with Crippen LogP contribution in [-0.2, 0) is 13.2 Å². The van der Waals surface area contributed by atoms with E-state index < -0.39 is 4.92 Å². The molecule has 0 atom stereocenters. The number of unbranched alkanes of at least 4 members (excludes halogenated alkanes) is 2. The van der Waals surface area contributed by atoms with E-state index in [1.54, 1.807) is 12.1 Å². The van der Waals surface area contributed by atoms with Crippen molar-refractivity contribution in [3.8, 4) is 0 Å². The molecule has 1 heterocycles. The molecule has 2 aromatic rings. The summed E-state index contributed by atoms with van der Waals surface area (Å²) in [5.41, 5.74) is 0.970. The number of nitrogens with zero attached hydrogens (tertiary/aromatic N) is 4. The van der Waals surface area contributed by atoms with Crippen molar-refractivity contribution in [2.24, 2.45) is 0 Å². The summed E-state index contributed by atoms with van der Waals surface area (Å²) in [5, 5.41) is 15.0. The Morgan fingerprint density at radius 1 is 1.26 bits per heavy atom. The summed E-state index contributed by atoms with van der Waals surface area (Å²) in [6.07, 6.45) is 4.64. The van der Waals surface area contributed by atoms with Crippen molar-refractivity contribution < 1.29 is 9.31 Å². The van der Waals surface area contributed by atoms with E-state index in [2.05, 4.69) is 16.9 Å². The summed E-state index contributed by atoms with van der Waals surface area (Å²) in [6, 6.07) is 7.72. The molecule has 1 aromatic heterocycles. The Hall–Kier alpha value is -2.28. The van der Waals surface area contributed by atoms with E-state index in [0.29, 0.717) is 13.2 Å². The molecule has 0 saturated carbocycles. The Kier molecular flexibility index (Phi) is 6.22. The van der Waals surface area contributed by atoms with Gasteiger partial charge in [-0.15, -0.1) is 4.68 Å². The minimum Gasteiger partial charge on any atom is -0.358 e. The molecule has 124 valence electrons. The van der Waals surface area contributed by atoms with Crippen molar-refractivity contribution in [1.29, 1.82) is 0 Å². The van der Waals surface area contributed by atoms with Gasteiger partial charge in [0.1, 0.15) is 5.82 Å². The first-order chi connectivity index (χ1) is 11.1. The monoisotopic (exact) mass is 320 g/mol. The number of hydrogen-bond acceptors (Lipinski definition) is 4. The Balaban J connectivity index is 2.08. The van der Waals surface area contributed by atoms with Crippen LogP contribution in [0.15, 0.2) is 36.5 Å². The molecule has 0 aliphatic carbocycles. The van der Waals surface area contributed by atoms with Crippen LogP contribution < -0.4 is 0 Å². The highest BCUT2D eigenvalue weighted by atomic mass is 19.1. The van der Waals surface area contributed by atoms with E-state index >= 15 is 0 Å². The fourth-order valence-electron chi connectivity index (χ4n) is 2.41. The predicted molar refractivity (Wildman–Crippen MR) is 85.2 cm³/mol. The van der Waals surface area contributed by atoms with Crippen LogP contribution in [0.1, 0.15) is 31.7 Å². The molecule has 6 nitrogen and oxygen atoms in total. The fourth-order valence-corrected chi connectivity index (χ4v) is 2.41. The first-order valence-corrected chi connectivity index (χ1v) is 7.73. The molecule has 23 heavy (non-hydrogen) atoms. The van der Waals surface area contributed by atoms with Gasteiger partial charge in [0, 0.05) is 13.1 Å². The van der Waals surface area contributed by atoms with Crippen molar-refractivity contribution >= 4 is 5.82 Å². The molecule has 0 aliphatic heterocycles. The zero-order valence-electron chi connectivity index (χ0n) is 13.2. The Labute approximate surface area is 134 Å². The maximum absolute atomic E-state index is 13.0. The molecule has 2 rings (SSSR count). The largest absolute Gasteiger partial charge is 0.358 e. The number of nitro groups is 1. The number of aromatic nitrogens is 2. The first-order valence-electron chi connectivity index (χ1n) is 7.73. The van der Waals surface area contributed by atoms with Crippen molar-refractivity contribution in [3.63, 3.8) is 0 Å². The predicted octanol–water partition coefficient (Wildman–Crippen LogP) is 3.58. The van der Waals surface area contributed by atoms with Crippen LogP contribution in [0.2, 0.25) is 0 Å². The highest BCUT2D eigenvalue weighted by molar-refractivity contribution is 5.17. The van der Waals surface area contributed by atoms with Crippen molar-refractivity contribution in [1.82, 2.24) is 14.7 Å². The quantitative estimate of drug-likeness (QED) is 0.402. The maximum Gasteiger partial charge on any atom is 0.346 e. The Bertz CT molecular complexity index is 627. The van der Waals surface area contributed by atoms with Gasteiger partial charge < -0.3 is 10.1 Å². The first kappa shape index (κ1) is 17.1. The van der Waals surface area contributed by atoms with E-state index in [-0.39, 0.29) is 11.6 Å². The lowest BCUT2D eigenvalue weighted by Gasteiger charge is -2.20. The molecular formula is C16H21FN4O2. The summed E-state index contributed by atoms with van der Waals surface area (Å²) >= 11 is 0. The normalized spacial score (nSPS) is 11.1. The summed E-state index contributed by atoms with van der Waals surface area (Å²) in [4.78, 5) is 12.7. The molecule has 0 unspecified atom stereocenters. The Morgan fingerprint density at radius 3 is 2.65 bits per heavy atom. The van der Waals surface area contributed by atoms with Gasteiger partial charge in [0.25, 0.3) is 0 Å². The summed E-state index contributed by atoms with van der Waals surface area (Å²) in [5.74, 6) is -0.293. The number of halogens is 1. The van der Waals surface area contributed by atoms with E-state index in [1.165, 1.54) is 29.1 Å². The second-order valence-corrected chi connectivity index (χ2v) is 5.47. The molecule has 0 N–H and O–H groups in total. The highest BCUT2D eigenvalue weighted by Crippen LogP contribution is 2.14. The van der Waals surface area contributed by atoms with E-state index in [9.17, 15) is 14.5 Å². The minimum atomic E-state index is -0.435. The molecule has 0 fully saturated rings. The molecule has 7 heteroatoms. The lowest BCUT2D eigenvalue weighted by molar-refractivity contribution is -0.393. The number of hydrogen-bond donors (Lipinski definition) is 0. The summed E-state index contributed by atoms with van der Waals surface area (Å²) in [6.45, 7) is 3.87. The van der Waals surface area contributed by atoms with Gasteiger partial charge in [0.2, 0.25) is 0 Å². The third-order valence-corrected chi connectivity index (χ3v) is 3.61. The number of rotatable bonds is 9. The van der Waals surface area contributed by atoms with Crippen molar-refractivity contribution in [2.75, 3.05) is 6.54 Å². The second-order valence-electron chi connectivity index (χ2n) is 5.47. The molecule has 0 amide bonds. The molecule has 0 bridgehead atoms. The van der Waals surface area contributed by atoms with E-state index in [1.807, 2.05) is 0 Å². The standard InChI is InChI=1S/C16H21FN4O2/c1-2-3-4-11-19(12-14-5-7-15(17)8-6-14)13-20-16(21(22)23)9-10-18-20/h5-10H,2-4,11-13H2,1H3. The highest BCUT2D eigenvalue weighted by Gasteiger charge is 2.17. The van der Waals surface area contributed by atoms with E-state index in [4.69, 9.17) is 0 Å². The zero-order chi connectivity index (χ0) is 16.7. The molecule has 0 spiro atoms. The average Bonchev–Trinajstić information content (AvgIpc) is 2.98. The lowest BCUT2D eigenvalue weighted by atomic mass is 10.2. The fraction of sp³-hybridized carbons (Fsp3) is 0.438. The van der Waals surface area contributed by atoms with Gasteiger partial charge in [-0.1, -0.05) is 37.0 Å². The zero-order valence-corrected chi connectivity index (χ0v) is 13.2. The maximum atomic E-state index is 13.0. The average molecular weight is 320 g/mol. The van der Waals surface area contributed by atoms with Crippen LogP contribution >= 0.6 is 0 Å². The van der Waals surface area contributed by atoms with Gasteiger partial charge in [-0.05, 0) is 29.0 Å². The van der Waals surface area contributed by atoms with Crippen LogP contribution in [-0.4, -0.2) is 26.1 Å². The molecule has 0 aliphatic rings. The van der Waals surface area contributed by atoms with Crippen LogP contribution in [0.25, 0.3) is 0 Å². The van der Waals surface area contributed by atoms with Crippen molar-refractivity contribution in [2.45, 2.75) is 39.4 Å². The minimum absolute atomic E-state index is 0.0235. The van der Waals surface area contributed by atoms with Crippen LogP contribution in [0.3, 0.4) is 0 Å². The molecule has 0 radical (unpaired) electrons. The third-order valence-electron chi connectivity index (χ3n) is 3.61. The number of benzene rings is 1. The topological polar surface area (TPSA) is 64.2 Å². The van der Waals surface area contributed by atoms with Crippen LogP contribution in [0.5, 0.6) is 0 Å². The molecular weight excluding hydrogens is 299 g/mol. The van der Waals surface area contributed by atoms with Gasteiger partial charge in [-0.25, -0.2) is 4.39 Å². The SMILES string of the molecule is CCCCCN(Cc1ccc(F)cc1)Cn1nccc1[N+](=O)[O-]. The molecule has 1 aromatic carbocycles. The second kappa shape index (κ2) is 8.38. The van der Waals surface area contributed by atoms with Gasteiger partial charge in [-0.3, -0.25) is 4.90 Å². The van der Waals surface area contributed by atoms with Gasteiger partial charge >= 0.3 is 5.82 Å². The van der Waals surface area contributed by atoms with Gasteiger partial charge in [0.15, 0.2) is 6.67 Å². The van der Waals surface area contributed by atoms with Crippen LogP contribution in [0, 0.1) is 15.9 Å². The van der Waals surface area contributed by atoms with E-state index in [0.717, 1.165) is 31.4 Å². The lowest BCUT2D eigenvalue weighted by Crippen LogP contribution is -2.28. The third kappa shape index (κ3) is 5.14. The summed E-state index contributed by atoms with van der Waals surface area (Å²) < 4.78 is 14.4. The van der Waals surface area contributed by atoms with Gasteiger partial charge in [0.05, 0.1) is 12.3 Å². The van der Waals surface area contributed by atoms with Gasteiger partial charge in [-0.2, -0.15) is 0 Å².